The summed E-state index contributed by atoms with van der Waals surface area (Å²) in [6.07, 6.45) is 0. The number of para-hydroxylation sites is 4. The summed E-state index contributed by atoms with van der Waals surface area (Å²) in [4.78, 5) is 13.3. The molecule has 0 spiro atoms. The smallest absolute Gasteiger partial charge is 0.237 e. The fourth-order valence-corrected chi connectivity index (χ4v) is 10.1. The van der Waals surface area contributed by atoms with Crippen molar-refractivity contribution in [3.63, 3.8) is 0 Å². The third kappa shape index (κ3) is 4.18. The van der Waals surface area contributed by atoms with Crippen molar-refractivity contribution in [2.45, 2.75) is 0 Å². The number of aromatic nitrogens is 2. The van der Waals surface area contributed by atoms with Crippen molar-refractivity contribution >= 4 is 98.5 Å². The first-order chi connectivity index (χ1) is 22.5. The molecule has 10 heteroatoms. The van der Waals surface area contributed by atoms with Crippen LogP contribution in [0.5, 0.6) is 0 Å². The lowest BCUT2D eigenvalue weighted by Crippen LogP contribution is -1.72. The summed E-state index contributed by atoms with van der Waals surface area (Å²) in [5.74, 6) is 0.276. The molecule has 46 heavy (non-hydrogen) atoms. The van der Waals surface area contributed by atoms with Gasteiger partial charge in [-0.3, -0.25) is 0 Å². The van der Waals surface area contributed by atoms with Gasteiger partial charge in [0.05, 0.1) is 19.5 Å². The summed E-state index contributed by atoms with van der Waals surface area (Å²) >= 11 is 5.82. The Hall–Kier alpha value is -4.74. The highest BCUT2D eigenvalue weighted by atomic mass is 32.1. The molecule has 0 N–H and O–H groups in total. The minimum atomic E-state index is -0.286. The Morgan fingerprint density at radius 3 is 1.37 bits per heavy atom. The van der Waals surface area contributed by atoms with Crippen LogP contribution >= 0.6 is 45.3 Å². The first-order valence-electron chi connectivity index (χ1n) is 14.2. The number of hydrogen-bond acceptors (Lipinski definition) is 8. The van der Waals surface area contributed by atoms with E-state index in [1.165, 1.54) is 34.8 Å². The third-order valence-electron chi connectivity index (χ3n) is 7.94. The van der Waals surface area contributed by atoms with Crippen molar-refractivity contribution in [1.82, 2.24) is 9.97 Å². The predicted octanol–water partition coefficient (Wildman–Crippen LogP) is 12.6. The predicted molar refractivity (Wildman–Crippen MR) is 187 cm³/mol. The average Bonchev–Trinajstić information content (AvgIpc) is 3.89. The molecule has 4 nitrogen and oxygen atoms in total. The molecule has 0 fully saturated rings. The van der Waals surface area contributed by atoms with Crippen LogP contribution in [0, 0.1) is 11.6 Å². The van der Waals surface area contributed by atoms with E-state index in [1.54, 1.807) is 22.7 Å². The average molecular weight is 675 g/mol. The molecule has 0 atom stereocenters. The molecule has 6 heterocycles. The Balaban J connectivity index is 1.00. The van der Waals surface area contributed by atoms with Gasteiger partial charge in [0.2, 0.25) is 11.8 Å². The van der Waals surface area contributed by atoms with E-state index in [4.69, 9.17) is 8.83 Å². The molecule has 0 unspecified atom stereocenters. The van der Waals surface area contributed by atoms with Crippen molar-refractivity contribution in [3.05, 3.63) is 109 Å². The van der Waals surface area contributed by atoms with Crippen molar-refractivity contribution < 1.29 is 17.6 Å². The molecular weight excluding hydrogens is 659 g/mol. The van der Waals surface area contributed by atoms with Crippen molar-refractivity contribution in [2.75, 3.05) is 0 Å². The highest BCUT2D eigenvalue weighted by Crippen LogP contribution is 2.46. The standard InChI is InChI=1S/C36H16F2N2O2S4/c37-21-15-31(35-39-23-5-1-3-7-25(23)41-35)45-33(21)29-13-19-9-17-12-28-20(10-18(17)11-27(19)43-29)14-30(44-28)34-22(38)16-32(46-34)36-40-24-6-2-4-8-26(24)42-36/h1-16H. The molecule has 0 saturated carbocycles. The number of rotatable bonds is 4. The molecule has 4 aromatic carbocycles. The maximum Gasteiger partial charge on any atom is 0.237 e. The Labute approximate surface area is 274 Å². The van der Waals surface area contributed by atoms with E-state index in [1.807, 2.05) is 60.7 Å². The van der Waals surface area contributed by atoms with E-state index in [0.29, 0.717) is 42.5 Å². The second-order valence-electron chi connectivity index (χ2n) is 10.9. The second kappa shape index (κ2) is 9.88. The summed E-state index contributed by atoms with van der Waals surface area (Å²) in [7, 11) is 0. The number of thiophene rings is 4. The zero-order valence-corrected chi connectivity index (χ0v) is 26.6. The van der Waals surface area contributed by atoms with Gasteiger partial charge in [0.15, 0.2) is 11.2 Å². The Kier molecular flexibility index (Phi) is 5.69. The number of halogens is 2. The molecule has 0 saturated heterocycles. The molecule has 0 aliphatic heterocycles. The maximum absolute atomic E-state index is 15.3. The zero-order chi connectivity index (χ0) is 30.5. The number of nitrogens with zero attached hydrogens (tertiary/aromatic N) is 2. The van der Waals surface area contributed by atoms with Crippen LogP contribution < -0.4 is 0 Å². The zero-order valence-electron chi connectivity index (χ0n) is 23.3. The van der Waals surface area contributed by atoms with Crippen LogP contribution in [-0.4, -0.2) is 9.97 Å². The summed E-state index contributed by atoms with van der Waals surface area (Å²) in [6.45, 7) is 0. The molecule has 0 aliphatic carbocycles. The maximum atomic E-state index is 15.3. The lowest BCUT2D eigenvalue weighted by Gasteiger charge is -1.99. The van der Waals surface area contributed by atoms with E-state index in [0.717, 1.165) is 51.7 Å². The first kappa shape index (κ1) is 26.5. The van der Waals surface area contributed by atoms with Gasteiger partial charge >= 0.3 is 0 Å². The fourth-order valence-electron chi connectivity index (χ4n) is 5.79. The summed E-state index contributed by atoms with van der Waals surface area (Å²) in [6, 6.07) is 30.8. The van der Waals surface area contributed by atoms with Crippen LogP contribution in [0.3, 0.4) is 0 Å². The van der Waals surface area contributed by atoms with Gasteiger partial charge in [-0.15, -0.1) is 45.3 Å². The summed E-state index contributed by atoms with van der Waals surface area (Å²) < 4.78 is 44.4. The number of oxazole rings is 2. The van der Waals surface area contributed by atoms with Crippen molar-refractivity contribution in [3.8, 4) is 41.0 Å². The summed E-state index contributed by atoms with van der Waals surface area (Å²) in [5.41, 5.74) is 2.86. The quantitative estimate of drug-likeness (QED) is 0.186. The van der Waals surface area contributed by atoms with Crippen LogP contribution in [0.25, 0.3) is 94.2 Å². The lowest BCUT2D eigenvalue weighted by molar-refractivity contribution is 0.617. The Morgan fingerprint density at radius 2 is 0.913 bits per heavy atom. The van der Waals surface area contributed by atoms with E-state index in [-0.39, 0.29) is 11.6 Å². The summed E-state index contributed by atoms with van der Waals surface area (Å²) in [5, 5.41) is 4.25. The molecule has 0 radical (unpaired) electrons. The van der Waals surface area contributed by atoms with Crippen LogP contribution in [0.4, 0.5) is 8.78 Å². The van der Waals surface area contributed by atoms with Crippen LogP contribution in [0.2, 0.25) is 0 Å². The number of hydrogen-bond donors (Lipinski definition) is 0. The SMILES string of the molecule is Fc1cc(-c2nc3ccccc3o2)sc1-c1cc2cc3cc4sc(-c5sc(-c6nc7ccccc7o6)cc5F)cc4cc3cc2s1. The van der Waals surface area contributed by atoms with Crippen LogP contribution in [-0.2, 0) is 0 Å². The molecule has 220 valence electrons. The van der Waals surface area contributed by atoms with Gasteiger partial charge in [-0.2, -0.15) is 0 Å². The highest BCUT2D eigenvalue weighted by Gasteiger charge is 2.20. The minimum absolute atomic E-state index is 0.286. The van der Waals surface area contributed by atoms with Gasteiger partial charge in [0, 0.05) is 19.2 Å². The van der Waals surface area contributed by atoms with Gasteiger partial charge in [0.25, 0.3) is 0 Å². The second-order valence-corrected chi connectivity index (χ2v) is 15.2. The first-order valence-corrected chi connectivity index (χ1v) is 17.5. The van der Waals surface area contributed by atoms with Crippen LogP contribution in [0.15, 0.2) is 106 Å². The van der Waals surface area contributed by atoms with Gasteiger partial charge in [0.1, 0.15) is 22.7 Å². The van der Waals surface area contributed by atoms with E-state index in [9.17, 15) is 0 Å². The normalized spacial score (nSPS) is 12.1. The molecule has 6 aromatic heterocycles. The van der Waals surface area contributed by atoms with Gasteiger partial charge in [-0.25, -0.2) is 18.7 Å². The largest absolute Gasteiger partial charge is 0.435 e. The monoisotopic (exact) mass is 674 g/mol. The molecule has 0 bridgehead atoms. The van der Waals surface area contributed by atoms with E-state index >= 15 is 8.78 Å². The van der Waals surface area contributed by atoms with Gasteiger partial charge in [-0.1, -0.05) is 24.3 Å². The molecule has 10 rings (SSSR count). The third-order valence-corrected chi connectivity index (χ3v) is 12.7. The lowest BCUT2D eigenvalue weighted by atomic mass is 10.1. The molecule has 10 aromatic rings. The van der Waals surface area contributed by atoms with E-state index in [2.05, 4.69) is 34.2 Å². The Morgan fingerprint density at radius 1 is 0.457 bits per heavy atom. The van der Waals surface area contributed by atoms with Crippen LogP contribution in [0.1, 0.15) is 0 Å². The molecule has 0 amide bonds. The molecular formula is C36H16F2N2O2S4. The van der Waals surface area contributed by atoms with Gasteiger partial charge in [-0.05, 0) is 94.3 Å². The number of fused-ring (bicyclic) bond motifs is 5. The van der Waals surface area contributed by atoms with E-state index < -0.39 is 0 Å². The Bertz CT molecular complexity index is 2490. The highest BCUT2D eigenvalue weighted by molar-refractivity contribution is 7.27. The van der Waals surface area contributed by atoms with Crippen molar-refractivity contribution in [2.24, 2.45) is 0 Å². The number of benzene rings is 4. The van der Waals surface area contributed by atoms with Gasteiger partial charge < -0.3 is 8.83 Å². The molecule has 0 aliphatic rings. The topological polar surface area (TPSA) is 52.1 Å². The minimum Gasteiger partial charge on any atom is -0.435 e. The van der Waals surface area contributed by atoms with Crippen molar-refractivity contribution in [1.29, 1.82) is 0 Å². The fraction of sp³-hybridized carbons (Fsp3) is 0.